The summed E-state index contributed by atoms with van der Waals surface area (Å²) in [6.07, 6.45) is 4.33. The van der Waals surface area contributed by atoms with Crippen molar-refractivity contribution in [1.29, 1.82) is 0 Å². The van der Waals surface area contributed by atoms with Crippen molar-refractivity contribution in [2.75, 3.05) is 0 Å². The van der Waals surface area contributed by atoms with Crippen LogP contribution in [0.25, 0.3) is 10.9 Å². The molecule has 0 unspecified atom stereocenters. The minimum atomic E-state index is -0.173. The van der Waals surface area contributed by atoms with E-state index in [-0.39, 0.29) is 5.56 Å². The van der Waals surface area contributed by atoms with Gasteiger partial charge in [0.15, 0.2) is 0 Å². The van der Waals surface area contributed by atoms with E-state index in [9.17, 15) is 4.79 Å². The summed E-state index contributed by atoms with van der Waals surface area (Å²) in [5.41, 5.74) is 2.45. The summed E-state index contributed by atoms with van der Waals surface area (Å²) in [7, 11) is 0. The second-order valence-corrected chi connectivity index (χ2v) is 13.0. The first-order chi connectivity index (χ1) is 17.3. The third-order valence-electron chi connectivity index (χ3n) is 5.36. The molecule has 4 rings (SSSR count). The first-order valence-electron chi connectivity index (χ1n) is 11.1. The molecular weight excluding hydrogens is 880 g/mol. The fraction of sp³-hybridized carbons (Fsp3) is 0.192. The standard InChI is InChI=1S/C26H20Br3I2N3O2/c1-2-3-4-24-33-23-8-7-17(27)11-19(23)26(35)34(24)32-13-15-9-21(30)25(22(31)10-15)36-14-16-5-6-18(28)12-20(16)29/h5-13H,2-4,14H2,1H3. The number of ether oxygens (including phenoxy) is 1. The molecule has 0 spiro atoms. The number of nitrogens with zero attached hydrogens (tertiary/aromatic N) is 3. The molecule has 3 aromatic carbocycles. The second kappa shape index (κ2) is 12.8. The largest absolute Gasteiger partial charge is 0.487 e. The highest BCUT2D eigenvalue weighted by atomic mass is 127. The zero-order valence-corrected chi connectivity index (χ0v) is 28.1. The van der Waals surface area contributed by atoms with Crippen LogP contribution in [0.2, 0.25) is 0 Å². The van der Waals surface area contributed by atoms with Crippen LogP contribution in [0, 0.1) is 7.14 Å². The molecule has 5 nitrogen and oxygen atoms in total. The molecule has 0 saturated carbocycles. The van der Waals surface area contributed by atoms with Crippen molar-refractivity contribution >= 4 is 110 Å². The highest BCUT2D eigenvalue weighted by Crippen LogP contribution is 2.31. The number of benzene rings is 3. The predicted molar refractivity (Wildman–Crippen MR) is 173 cm³/mol. The molecule has 186 valence electrons. The van der Waals surface area contributed by atoms with Gasteiger partial charge in [0, 0.05) is 25.4 Å². The number of halogens is 5. The van der Waals surface area contributed by atoms with Gasteiger partial charge in [-0.25, -0.2) is 4.98 Å². The van der Waals surface area contributed by atoms with Crippen LogP contribution in [0.15, 0.2) is 71.8 Å². The van der Waals surface area contributed by atoms with E-state index in [2.05, 4.69) is 105 Å². The Kier molecular flexibility index (Phi) is 10.0. The summed E-state index contributed by atoms with van der Waals surface area (Å²) >= 11 is 15.1. The number of hydrogen-bond donors (Lipinski definition) is 0. The van der Waals surface area contributed by atoms with Crippen LogP contribution in [0.3, 0.4) is 0 Å². The summed E-state index contributed by atoms with van der Waals surface area (Å²) in [5, 5.41) is 5.11. The van der Waals surface area contributed by atoms with E-state index >= 15 is 0 Å². The van der Waals surface area contributed by atoms with Crippen molar-refractivity contribution in [1.82, 2.24) is 9.66 Å². The van der Waals surface area contributed by atoms with Crippen LogP contribution in [-0.2, 0) is 13.0 Å². The normalized spacial score (nSPS) is 11.5. The maximum absolute atomic E-state index is 13.3. The number of hydrogen-bond acceptors (Lipinski definition) is 4. The SMILES string of the molecule is CCCCc1nc2ccc(Br)cc2c(=O)n1N=Cc1cc(I)c(OCc2ccc(Br)cc2Br)c(I)c1. The van der Waals surface area contributed by atoms with Gasteiger partial charge in [-0.1, -0.05) is 67.2 Å². The average molecular weight is 900 g/mol. The Morgan fingerprint density at radius 3 is 2.42 bits per heavy atom. The molecule has 0 amide bonds. The van der Waals surface area contributed by atoms with Crippen LogP contribution < -0.4 is 10.3 Å². The van der Waals surface area contributed by atoms with Crippen LogP contribution in [-0.4, -0.2) is 15.9 Å². The zero-order valence-electron chi connectivity index (χ0n) is 19.1. The lowest BCUT2D eigenvalue weighted by atomic mass is 10.2. The van der Waals surface area contributed by atoms with Gasteiger partial charge in [-0.2, -0.15) is 9.78 Å². The summed E-state index contributed by atoms with van der Waals surface area (Å²) < 4.78 is 12.4. The summed E-state index contributed by atoms with van der Waals surface area (Å²) in [5.74, 6) is 1.48. The first kappa shape index (κ1) is 28.2. The third kappa shape index (κ3) is 6.78. The molecule has 1 heterocycles. The molecule has 0 saturated heterocycles. The minimum absolute atomic E-state index is 0.173. The van der Waals surface area contributed by atoms with Crippen molar-refractivity contribution in [3.8, 4) is 5.75 Å². The maximum Gasteiger partial charge on any atom is 0.282 e. The lowest BCUT2D eigenvalue weighted by Gasteiger charge is -2.13. The molecule has 0 aliphatic rings. The highest BCUT2D eigenvalue weighted by molar-refractivity contribution is 14.1. The van der Waals surface area contributed by atoms with E-state index < -0.39 is 0 Å². The van der Waals surface area contributed by atoms with Gasteiger partial charge in [0.05, 0.1) is 24.3 Å². The van der Waals surface area contributed by atoms with Crippen molar-refractivity contribution < 1.29 is 4.74 Å². The zero-order chi connectivity index (χ0) is 25.8. The Morgan fingerprint density at radius 2 is 1.72 bits per heavy atom. The molecule has 0 N–H and O–H groups in total. The van der Waals surface area contributed by atoms with Gasteiger partial charge in [0.25, 0.3) is 5.56 Å². The smallest absolute Gasteiger partial charge is 0.282 e. The highest BCUT2D eigenvalue weighted by Gasteiger charge is 2.13. The minimum Gasteiger partial charge on any atom is -0.487 e. The van der Waals surface area contributed by atoms with Crippen molar-refractivity contribution in [2.24, 2.45) is 5.10 Å². The van der Waals surface area contributed by atoms with Gasteiger partial charge in [0.1, 0.15) is 18.2 Å². The molecule has 10 heteroatoms. The molecule has 4 aromatic rings. The molecule has 0 aliphatic heterocycles. The number of unbranched alkanes of at least 4 members (excludes halogenated alkanes) is 1. The number of fused-ring (bicyclic) bond motifs is 1. The Labute approximate surface area is 261 Å². The van der Waals surface area contributed by atoms with Gasteiger partial charge >= 0.3 is 0 Å². The Balaban J connectivity index is 1.64. The summed E-state index contributed by atoms with van der Waals surface area (Å²) in [4.78, 5) is 18.0. The van der Waals surface area contributed by atoms with E-state index in [1.165, 1.54) is 4.68 Å². The van der Waals surface area contributed by atoms with E-state index in [0.29, 0.717) is 29.8 Å². The fourth-order valence-corrected chi connectivity index (χ4v) is 7.17. The van der Waals surface area contributed by atoms with Crippen LogP contribution >= 0.6 is 93.0 Å². The molecule has 0 bridgehead atoms. The lowest BCUT2D eigenvalue weighted by molar-refractivity contribution is 0.301. The van der Waals surface area contributed by atoms with Crippen molar-refractivity contribution in [3.05, 3.63) is 96.4 Å². The maximum atomic E-state index is 13.3. The Hall–Kier alpha value is -0.830. The topological polar surface area (TPSA) is 56.5 Å². The molecule has 0 radical (unpaired) electrons. The molecular formula is C26H20Br3I2N3O2. The van der Waals surface area contributed by atoms with E-state index in [4.69, 9.17) is 9.72 Å². The summed E-state index contributed by atoms with van der Waals surface area (Å²) in [6, 6.07) is 15.6. The van der Waals surface area contributed by atoms with Crippen molar-refractivity contribution in [3.63, 3.8) is 0 Å². The van der Waals surface area contributed by atoms with Gasteiger partial charge in [-0.3, -0.25) is 4.79 Å². The lowest BCUT2D eigenvalue weighted by Crippen LogP contribution is -2.22. The first-order valence-corrected chi connectivity index (χ1v) is 15.6. The molecule has 1 aromatic heterocycles. The van der Waals surface area contributed by atoms with E-state index in [1.54, 1.807) is 12.3 Å². The van der Waals surface area contributed by atoms with Crippen LogP contribution in [0.5, 0.6) is 5.75 Å². The average Bonchev–Trinajstić information content (AvgIpc) is 2.83. The van der Waals surface area contributed by atoms with E-state index in [1.807, 2.05) is 42.5 Å². The predicted octanol–water partition coefficient (Wildman–Crippen LogP) is 8.70. The van der Waals surface area contributed by atoms with Gasteiger partial charge in [0.2, 0.25) is 0 Å². The van der Waals surface area contributed by atoms with Crippen LogP contribution in [0.1, 0.15) is 36.7 Å². The number of rotatable bonds is 8. The van der Waals surface area contributed by atoms with Gasteiger partial charge < -0.3 is 4.74 Å². The Bertz CT molecular complexity index is 1500. The van der Waals surface area contributed by atoms with Gasteiger partial charge in [-0.15, -0.1) is 0 Å². The monoisotopic (exact) mass is 897 g/mol. The molecule has 0 aliphatic carbocycles. The molecule has 0 atom stereocenters. The molecule has 36 heavy (non-hydrogen) atoms. The number of aryl methyl sites for hydroxylation is 1. The van der Waals surface area contributed by atoms with E-state index in [0.717, 1.165) is 50.3 Å². The van der Waals surface area contributed by atoms with Crippen LogP contribution in [0.4, 0.5) is 0 Å². The number of aromatic nitrogens is 2. The second-order valence-electron chi connectivity index (χ2n) is 7.99. The Morgan fingerprint density at radius 1 is 1.03 bits per heavy atom. The quantitative estimate of drug-likeness (QED) is 0.132. The third-order valence-corrected chi connectivity index (χ3v) is 8.69. The van der Waals surface area contributed by atoms with Crippen molar-refractivity contribution in [2.45, 2.75) is 32.8 Å². The molecule has 0 fully saturated rings. The fourth-order valence-electron chi connectivity index (χ4n) is 3.52. The van der Waals surface area contributed by atoms with Gasteiger partial charge in [-0.05, 0) is 99.6 Å². The summed E-state index contributed by atoms with van der Waals surface area (Å²) in [6.45, 7) is 2.56.